The Hall–Kier alpha value is -5.66. The van der Waals surface area contributed by atoms with Crippen molar-refractivity contribution in [2.75, 3.05) is 0 Å². The highest BCUT2D eigenvalue weighted by Crippen LogP contribution is 2.42. The maximum absolute atomic E-state index is 2.46. The third-order valence-electron chi connectivity index (χ3n) is 9.37. The van der Waals surface area contributed by atoms with Crippen LogP contribution in [0, 0.1) is 6.92 Å². The highest BCUT2D eigenvalue weighted by molar-refractivity contribution is 6.22. The molecular formula is C43H29N. The predicted octanol–water partition coefficient (Wildman–Crippen LogP) is 11.9. The Kier molecular flexibility index (Phi) is 5.48. The van der Waals surface area contributed by atoms with Crippen molar-refractivity contribution < 1.29 is 0 Å². The van der Waals surface area contributed by atoms with Crippen molar-refractivity contribution in [3.63, 3.8) is 0 Å². The van der Waals surface area contributed by atoms with E-state index in [1.54, 1.807) is 0 Å². The highest BCUT2D eigenvalue weighted by atomic mass is 15.0. The van der Waals surface area contributed by atoms with E-state index >= 15 is 0 Å². The number of rotatable bonds is 3. The second-order valence-corrected chi connectivity index (χ2v) is 11.7. The van der Waals surface area contributed by atoms with Gasteiger partial charge in [-0.05, 0) is 85.9 Å². The molecule has 0 amide bonds. The summed E-state index contributed by atoms with van der Waals surface area (Å²) < 4.78 is 2.46. The van der Waals surface area contributed by atoms with Crippen LogP contribution in [-0.2, 0) is 0 Å². The molecule has 0 aliphatic heterocycles. The molecule has 1 nitrogen and oxygen atoms in total. The average molecular weight is 560 g/mol. The van der Waals surface area contributed by atoms with Crippen molar-refractivity contribution in [1.29, 1.82) is 0 Å². The first kappa shape index (κ1) is 24.9. The van der Waals surface area contributed by atoms with Gasteiger partial charge in [-0.1, -0.05) is 133 Å². The fourth-order valence-electron chi connectivity index (χ4n) is 7.41. The van der Waals surface area contributed by atoms with E-state index in [2.05, 4.69) is 169 Å². The van der Waals surface area contributed by atoms with Gasteiger partial charge in [0.1, 0.15) is 0 Å². The number of hydrogen-bond acceptors (Lipinski definition) is 0. The second kappa shape index (κ2) is 9.69. The van der Waals surface area contributed by atoms with Crippen LogP contribution < -0.4 is 0 Å². The van der Waals surface area contributed by atoms with Crippen molar-refractivity contribution in [3.05, 3.63) is 163 Å². The first-order valence-electron chi connectivity index (χ1n) is 15.3. The minimum atomic E-state index is 1.17. The number of nitrogens with zero attached hydrogens (tertiary/aromatic N) is 1. The topological polar surface area (TPSA) is 4.93 Å². The molecule has 0 spiro atoms. The molecule has 0 N–H and O–H groups in total. The summed E-state index contributed by atoms with van der Waals surface area (Å²) in [4.78, 5) is 0. The maximum Gasteiger partial charge on any atom is 0.0619 e. The zero-order valence-electron chi connectivity index (χ0n) is 24.5. The van der Waals surface area contributed by atoms with Crippen LogP contribution in [0.3, 0.4) is 0 Å². The van der Waals surface area contributed by atoms with Crippen LogP contribution in [0.25, 0.3) is 82.1 Å². The first-order valence-corrected chi connectivity index (χ1v) is 15.3. The largest absolute Gasteiger partial charge is 0.309 e. The van der Waals surface area contributed by atoms with Gasteiger partial charge in [-0.25, -0.2) is 0 Å². The summed E-state index contributed by atoms with van der Waals surface area (Å²) in [5, 5.41) is 10.3. The van der Waals surface area contributed by atoms with Gasteiger partial charge in [0.05, 0.1) is 11.0 Å². The van der Waals surface area contributed by atoms with E-state index in [4.69, 9.17) is 0 Å². The second-order valence-electron chi connectivity index (χ2n) is 11.7. The molecular weight excluding hydrogens is 530 g/mol. The summed E-state index contributed by atoms with van der Waals surface area (Å²) in [5.41, 5.74) is 10.0. The molecule has 0 aliphatic carbocycles. The monoisotopic (exact) mass is 559 g/mol. The van der Waals surface area contributed by atoms with Gasteiger partial charge in [0.2, 0.25) is 0 Å². The van der Waals surface area contributed by atoms with Gasteiger partial charge in [0.25, 0.3) is 0 Å². The Labute approximate surface area is 256 Å². The Morgan fingerprint density at radius 2 is 0.932 bits per heavy atom. The van der Waals surface area contributed by atoms with E-state index in [9.17, 15) is 0 Å². The summed E-state index contributed by atoms with van der Waals surface area (Å²) in [6.07, 6.45) is 0. The molecule has 1 heterocycles. The zero-order chi connectivity index (χ0) is 29.2. The third-order valence-corrected chi connectivity index (χ3v) is 9.37. The van der Waals surface area contributed by atoms with Gasteiger partial charge in [0.15, 0.2) is 0 Å². The Morgan fingerprint density at radius 1 is 0.386 bits per heavy atom. The molecule has 0 fully saturated rings. The van der Waals surface area contributed by atoms with Crippen molar-refractivity contribution in [2.45, 2.75) is 6.92 Å². The van der Waals surface area contributed by atoms with Gasteiger partial charge in [-0.15, -0.1) is 0 Å². The summed E-state index contributed by atoms with van der Waals surface area (Å²) in [7, 11) is 0. The van der Waals surface area contributed by atoms with Gasteiger partial charge in [-0.2, -0.15) is 0 Å². The molecule has 0 bridgehead atoms. The summed E-state index contributed by atoms with van der Waals surface area (Å²) >= 11 is 0. The van der Waals surface area contributed by atoms with E-state index in [0.29, 0.717) is 0 Å². The Morgan fingerprint density at radius 3 is 1.66 bits per heavy atom. The van der Waals surface area contributed by atoms with Crippen molar-refractivity contribution >= 4 is 54.1 Å². The molecule has 0 aliphatic rings. The van der Waals surface area contributed by atoms with Crippen molar-refractivity contribution in [1.82, 2.24) is 4.57 Å². The maximum atomic E-state index is 2.46. The molecule has 206 valence electrons. The SMILES string of the molecule is Cc1c(-c2ccc(-n3c4ccccc4c4cc(-c5ccccc5)c5ccccc5c43)cc2)c2ccccc2c2ccccc12. The summed E-state index contributed by atoms with van der Waals surface area (Å²) in [6, 6.07) is 57.6. The minimum absolute atomic E-state index is 1.17. The molecule has 1 aromatic heterocycles. The van der Waals surface area contributed by atoms with E-state index in [-0.39, 0.29) is 0 Å². The van der Waals surface area contributed by atoms with E-state index in [1.165, 1.54) is 87.6 Å². The van der Waals surface area contributed by atoms with E-state index in [1.807, 2.05) is 0 Å². The predicted molar refractivity (Wildman–Crippen MR) is 189 cm³/mol. The Bertz CT molecular complexity index is 2530. The molecule has 44 heavy (non-hydrogen) atoms. The number of aryl methyl sites for hydroxylation is 1. The number of para-hydroxylation sites is 1. The lowest BCUT2D eigenvalue weighted by Gasteiger charge is -2.16. The first-order chi connectivity index (χ1) is 21.8. The number of benzene rings is 8. The molecule has 0 saturated heterocycles. The fraction of sp³-hybridized carbons (Fsp3) is 0.0233. The molecule has 1 heteroatoms. The lowest BCUT2D eigenvalue weighted by Crippen LogP contribution is -1.96. The number of aromatic nitrogens is 1. The standard InChI is InChI=1S/C43H29N/c1-28-32-15-5-6-16-33(32)34-17-7-9-20-37(34)42(28)30-23-25-31(26-24-30)44-41-22-12-11-19-36(41)40-27-39(29-13-3-2-4-14-29)35-18-8-10-21-38(35)43(40)44/h2-27H,1H3. The zero-order valence-corrected chi connectivity index (χ0v) is 24.5. The third kappa shape index (κ3) is 3.60. The van der Waals surface area contributed by atoms with E-state index < -0.39 is 0 Å². The quantitative estimate of drug-likeness (QED) is 0.190. The summed E-state index contributed by atoms with van der Waals surface area (Å²) in [6.45, 7) is 2.27. The van der Waals surface area contributed by atoms with E-state index in [0.717, 1.165) is 0 Å². The molecule has 8 aromatic carbocycles. The van der Waals surface area contributed by atoms with Crippen LogP contribution in [0.2, 0.25) is 0 Å². The fourth-order valence-corrected chi connectivity index (χ4v) is 7.41. The number of hydrogen-bond donors (Lipinski definition) is 0. The Balaban J connectivity index is 1.31. The molecule has 9 aromatic rings. The summed E-state index contributed by atoms with van der Waals surface area (Å²) in [5.74, 6) is 0. The van der Waals surface area contributed by atoms with Crippen LogP contribution in [0.1, 0.15) is 5.56 Å². The molecule has 9 rings (SSSR count). The lowest BCUT2D eigenvalue weighted by atomic mass is 9.89. The van der Waals surface area contributed by atoms with Crippen LogP contribution in [-0.4, -0.2) is 4.57 Å². The average Bonchev–Trinajstić information content (AvgIpc) is 3.43. The van der Waals surface area contributed by atoms with Crippen LogP contribution in [0.4, 0.5) is 0 Å². The van der Waals surface area contributed by atoms with Crippen LogP contribution in [0.15, 0.2) is 158 Å². The highest BCUT2D eigenvalue weighted by Gasteiger charge is 2.18. The smallest absolute Gasteiger partial charge is 0.0619 e. The number of fused-ring (bicyclic) bond motifs is 8. The van der Waals surface area contributed by atoms with Gasteiger partial charge < -0.3 is 4.57 Å². The van der Waals surface area contributed by atoms with Crippen LogP contribution >= 0.6 is 0 Å². The lowest BCUT2D eigenvalue weighted by molar-refractivity contribution is 1.19. The van der Waals surface area contributed by atoms with Gasteiger partial charge >= 0.3 is 0 Å². The normalized spacial score (nSPS) is 11.8. The molecule has 0 radical (unpaired) electrons. The van der Waals surface area contributed by atoms with Crippen LogP contribution in [0.5, 0.6) is 0 Å². The molecule has 0 saturated carbocycles. The van der Waals surface area contributed by atoms with Crippen molar-refractivity contribution in [3.8, 4) is 27.9 Å². The van der Waals surface area contributed by atoms with Gasteiger partial charge in [-0.3, -0.25) is 0 Å². The molecule has 0 unspecified atom stereocenters. The molecule has 0 atom stereocenters. The van der Waals surface area contributed by atoms with Gasteiger partial charge in [0, 0.05) is 21.8 Å². The minimum Gasteiger partial charge on any atom is -0.309 e. The van der Waals surface area contributed by atoms with Crippen molar-refractivity contribution in [2.24, 2.45) is 0 Å².